The molecule has 0 saturated heterocycles. The van der Waals surface area contributed by atoms with E-state index in [9.17, 15) is 4.79 Å². The maximum Gasteiger partial charge on any atom is 0.255 e. The summed E-state index contributed by atoms with van der Waals surface area (Å²) < 4.78 is 5.83. The number of carbonyl (C=O) groups is 1. The molecule has 0 bridgehead atoms. The van der Waals surface area contributed by atoms with Gasteiger partial charge in [0, 0.05) is 48.7 Å². The molecule has 0 fully saturated rings. The van der Waals surface area contributed by atoms with Crippen molar-refractivity contribution in [2.24, 2.45) is 0 Å². The summed E-state index contributed by atoms with van der Waals surface area (Å²) in [6, 6.07) is 24.2. The summed E-state index contributed by atoms with van der Waals surface area (Å²) >= 11 is 0. The maximum atomic E-state index is 12.9. The number of amides is 1. The minimum Gasteiger partial charge on any atom is -0.457 e. The van der Waals surface area contributed by atoms with Gasteiger partial charge in [0.25, 0.3) is 5.91 Å². The highest BCUT2D eigenvalue weighted by Crippen LogP contribution is 2.30. The second kappa shape index (κ2) is 11.4. The van der Waals surface area contributed by atoms with E-state index in [4.69, 9.17) is 4.74 Å². The molecule has 1 amide bonds. The highest BCUT2D eigenvalue weighted by Gasteiger charge is 2.20. The van der Waals surface area contributed by atoms with E-state index in [0.717, 1.165) is 37.5 Å². The first-order valence-corrected chi connectivity index (χ1v) is 12.7. The molecule has 0 aromatic heterocycles. The molecule has 5 nitrogen and oxygen atoms in total. The fourth-order valence-electron chi connectivity index (χ4n) is 4.81. The monoisotopic (exact) mass is 471 g/mol. The molecule has 1 N–H and O–H groups in total. The van der Waals surface area contributed by atoms with E-state index in [0.29, 0.717) is 23.4 Å². The number of ether oxygens (including phenoxy) is 1. The van der Waals surface area contributed by atoms with Crippen molar-refractivity contribution >= 4 is 17.3 Å². The predicted molar refractivity (Wildman–Crippen MR) is 145 cm³/mol. The minimum absolute atomic E-state index is 0.121. The average Bonchev–Trinajstić information content (AvgIpc) is 2.85. The van der Waals surface area contributed by atoms with Crippen molar-refractivity contribution < 1.29 is 9.53 Å². The molecule has 1 aliphatic heterocycles. The Labute approximate surface area is 209 Å². The number of fused-ring (bicyclic) bond motifs is 1. The van der Waals surface area contributed by atoms with Crippen molar-refractivity contribution in [3.63, 3.8) is 0 Å². The van der Waals surface area contributed by atoms with E-state index in [-0.39, 0.29) is 5.91 Å². The number of rotatable bonds is 9. The lowest BCUT2D eigenvalue weighted by molar-refractivity contribution is 0.102. The van der Waals surface area contributed by atoms with Gasteiger partial charge in [0.1, 0.15) is 11.5 Å². The number of para-hydroxylation sites is 1. The Morgan fingerprint density at radius 3 is 2.31 bits per heavy atom. The van der Waals surface area contributed by atoms with Crippen LogP contribution in [0.2, 0.25) is 0 Å². The zero-order chi connectivity index (χ0) is 24.8. The van der Waals surface area contributed by atoms with Crippen LogP contribution in [-0.2, 0) is 6.42 Å². The largest absolute Gasteiger partial charge is 0.457 e. The second-order valence-corrected chi connectivity index (χ2v) is 9.75. The zero-order valence-corrected chi connectivity index (χ0v) is 21.3. The van der Waals surface area contributed by atoms with Gasteiger partial charge in [0.15, 0.2) is 0 Å². The molecule has 184 valence electrons. The molecule has 0 saturated carbocycles. The summed E-state index contributed by atoms with van der Waals surface area (Å²) in [5.41, 5.74) is 4.03. The van der Waals surface area contributed by atoms with Crippen LogP contribution in [0.5, 0.6) is 11.5 Å². The molecular formula is C30H37N3O2. The molecule has 0 aliphatic carbocycles. The summed E-state index contributed by atoms with van der Waals surface area (Å²) in [7, 11) is 0. The first-order valence-electron chi connectivity index (χ1n) is 12.7. The SMILES string of the molecule is CC(C)N(CCN1CCCc2ccc(NC(=O)c3ccc(Oc4ccccc4)cc3)cc21)C(C)C. The Hall–Kier alpha value is -3.31. The number of carbonyl (C=O) groups excluding carboxylic acids is 1. The lowest BCUT2D eigenvalue weighted by atomic mass is 10.0. The van der Waals surface area contributed by atoms with E-state index in [2.05, 4.69) is 54.9 Å². The third kappa shape index (κ3) is 6.43. The van der Waals surface area contributed by atoms with Gasteiger partial charge in [-0.1, -0.05) is 24.3 Å². The van der Waals surface area contributed by atoms with E-state index in [1.54, 1.807) is 12.1 Å². The molecular weight excluding hydrogens is 434 g/mol. The van der Waals surface area contributed by atoms with Crippen LogP contribution in [0, 0.1) is 0 Å². The third-order valence-electron chi connectivity index (χ3n) is 6.61. The summed E-state index contributed by atoms with van der Waals surface area (Å²) in [6.45, 7) is 12.1. The highest BCUT2D eigenvalue weighted by molar-refractivity contribution is 6.04. The van der Waals surface area contributed by atoms with Crippen molar-refractivity contribution in [2.75, 3.05) is 29.9 Å². The third-order valence-corrected chi connectivity index (χ3v) is 6.61. The van der Waals surface area contributed by atoms with Crippen LogP contribution in [0.15, 0.2) is 72.8 Å². The molecule has 0 radical (unpaired) electrons. The first kappa shape index (κ1) is 24.8. The van der Waals surface area contributed by atoms with E-state index >= 15 is 0 Å². The van der Waals surface area contributed by atoms with Crippen LogP contribution in [0.3, 0.4) is 0 Å². The van der Waals surface area contributed by atoms with Gasteiger partial charge in [-0.15, -0.1) is 0 Å². The Morgan fingerprint density at radius 1 is 0.943 bits per heavy atom. The van der Waals surface area contributed by atoms with Gasteiger partial charge in [0.05, 0.1) is 0 Å². The molecule has 0 unspecified atom stereocenters. The lowest BCUT2D eigenvalue weighted by Crippen LogP contribution is -2.43. The summed E-state index contributed by atoms with van der Waals surface area (Å²) in [6.07, 6.45) is 2.25. The van der Waals surface area contributed by atoms with Crippen molar-refractivity contribution in [2.45, 2.75) is 52.6 Å². The second-order valence-electron chi connectivity index (χ2n) is 9.75. The predicted octanol–water partition coefficient (Wildman–Crippen LogP) is 6.60. The highest BCUT2D eigenvalue weighted by atomic mass is 16.5. The number of nitrogens with one attached hydrogen (secondary N) is 1. The van der Waals surface area contributed by atoms with Gasteiger partial charge >= 0.3 is 0 Å². The fourth-order valence-corrected chi connectivity index (χ4v) is 4.81. The van der Waals surface area contributed by atoms with Crippen molar-refractivity contribution in [1.82, 2.24) is 4.90 Å². The Balaban J connectivity index is 1.42. The molecule has 5 heteroatoms. The average molecular weight is 472 g/mol. The van der Waals surface area contributed by atoms with E-state index < -0.39 is 0 Å². The fraction of sp³-hybridized carbons (Fsp3) is 0.367. The summed E-state index contributed by atoms with van der Waals surface area (Å²) in [5.74, 6) is 1.35. The molecule has 3 aromatic carbocycles. The lowest BCUT2D eigenvalue weighted by Gasteiger charge is -2.36. The smallest absolute Gasteiger partial charge is 0.255 e. The van der Waals surface area contributed by atoms with Crippen LogP contribution in [0.25, 0.3) is 0 Å². The number of anilines is 2. The molecule has 1 aliphatic rings. The minimum atomic E-state index is -0.121. The van der Waals surface area contributed by atoms with Gasteiger partial charge in [-0.25, -0.2) is 0 Å². The topological polar surface area (TPSA) is 44.8 Å². The Morgan fingerprint density at radius 2 is 1.63 bits per heavy atom. The molecule has 0 atom stereocenters. The maximum absolute atomic E-state index is 12.9. The quantitative estimate of drug-likeness (QED) is 0.382. The summed E-state index contributed by atoms with van der Waals surface area (Å²) in [4.78, 5) is 17.9. The van der Waals surface area contributed by atoms with Crippen LogP contribution >= 0.6 is 0 Å². The summed E-state index contributed by atoms with van der Waals surface area (Å²) in [5, 5.41) is 3.08. The van der Waals surface area contributed by atoms with Crippen molar-refractivity contribution in [3.05, 3.63) is 83.9 Å². The van der Waals surface area contributed by atoms with Crippen LogP contribution in [0.4, 0.5) is 11.4 Å². The van der Waals surface area contributed by atoms with Gasteiger partial charge in [-0.2, -0.15) is 0 Å². The van der Waals surface area contributed by atoms with Gasteiger partial charge in [0.2, 0.25) is 0 Å². The van der Waals surface area contributed by atoms with Crippen LogP contribution in [-0.4, -0.2) is 42.5 Å². The van der Waals surface area contributed by atoms with Crippen LogP contribution < -0.4 is 15.0 Å². The van der Waals surface area contributed by atoms with E-state index in [1.165, 1.54) is 17.7 Å². The molecule has 1 heterocycles. The standard InChI is InChI=1S/C30H37N3O2/c1-22(2)33(23(3)4)20-19-32-18-8-9-24-12-15-26(21-29(24)32)31-30(34)25-13-16-28(17-14-25)35-27-10-6-5-7-11-27/h5-7,10-17,21-23H,8-9,18-20H2,1-4H3,(H,31,34). The van der Waals surface area contributed by atoms with Crippen molar-refractivity contribution in [3.8, 4) is 11.5 Å². The van der Waals surface area contributed by atoms with Gasteiger partial charge < -0.3 is 15.0 Å². The zero-order valence-electron chi connectivity index (χ0n) is 21.3. The number of hydrogen-bond acceptors (Lipinski definition) is 4. The van der Waals surface area contributed by atoms with Crippen LogP contribution in [0.1, 0.15) is 50.0 Å². The van der Waals surface area contributed by atoms with Gasteiger partial charge in [-0.3, -0.25) is 9.69 Å². The molecule has 0 spiro atoms. The normalized spacial score (nSPS) is 13.3. The number of hydrogen-bond donors (Lipinski definition) is 1. The number of nitrogens with zero attached hydrogens (tertiary/aromatic N) is 2. The van der Waals surface area contributed by atoms with Crippen molar-refractivity contribution in [1.29, 1.82) is 0 Å². The number of benzene rings is 3. The first-order chi connectivity index (χ1) is 16.9. The number of aryl methyl sites for hydroxylation is 1. The molecule has 4 rings (SSSR count). The Bertz CT molecular complexity index is 1100. The van der Waals surface area contributed by atoms with Gasteiger partial charge in [-0.05, 0) is 94.6 Å². The molecule has 35 heavy (non-hydrogen) atoms. The molecule has 3 aromatic rings. The van der Waals surface area contributed by atoms with E-state index in [1.807, 2.05) is 48.5 Å². The Kier molecular flexibility index (Phi) is 8.09.